The first-order valence-corrected chi connectivity index (χ1v) is 13.8. The number of fused-ring (bicyclic) bond motifs is 1. The molecule has 4 aromatic carbocycles. The number of carboxylic acids is 1. The van der Waals surface area contributed by atoms with Crippen LogP contribution in [0.15, 0.2) is 109 Å². The Hall–Kier alpha value is -5.41. The van der Waals surface area contributed by atoms with Crippen LogP contribution in [0.5, 0.6) is 23.0 Å². The zero-order valence-electron chi connectivity index (χ0n) is 23.5. The van der Waals surface area contributed by atoms with Gasteiger partial charge < -0.3 is 30.0 Å². The Balaban J connectivity index is 1.21. The predicted molar refractivity (Wildman–Crippen MR) is 164 cm³/mol. The number of anilines is 1. The van der Waals surface area contributed by atoms with Crippen molar-refractivity contribution < 1.29 is 28.9 Å². The van der Waals surface area contributed by atoms with E-state index in [9.17, 15) is 14.7 Å². The molecule has 1 aromatic heterocycles. The van der Waals surface area contributed by atoms with E-state index in [1.54, 1.807) is 74.0 Å². The van der Waals surface area contributed by atoms with Gasteiger partial charge in [-0.3, -0.25) is 14.6 Å². The number of aromatic nitrogens is 1. The van der Waals surface area contributed by atoms with E-state index in [0.717, 1.165) is 5.39 Å². The second-order valence-electron chi connectivity index (χ2n) is 9.61. The molecule has 43 heavy (non-hydrogen) atoms. The van der Waals surface area contributed by atoms with E-state index in [1.165, 1.54) is 0 Å². The van der Waals surface area contributed by atoms with Crippen LogP contribution < -0.4 is 24.8 Å². The first kappa shape index (κ1) is 29.1. The Morgan fingerprint density at radius 3 is 2.28 bits per heavy atom. The quantitative estimate of drug-likeness (QED) is 0.136. The second kappa shape index (κ2) is 14.0. The smallest absolute Gasteiger partial charge is 0.325 e. The first-order chi connectivity index (χ1) is 21.0. The van der Waals surface area contributed by atoms with Gasteiger partial charge in [-0.15, -0.1) is 0 Å². The van der Waals surface area contributed by atoms with Crippen LogP contribution in [0.4, 0.5) is 5.69 Å². The summed E-state index contributed by atoms with van der Waals surface area (Å²) in [6.07, 6.45) is 2.23. The van der Waals surface area contributed by atoms with Crippen LogP contribution in [0.1, 0.15) is 28.4 Å². The van der Waals surface area contributed by atoms with Crippen molar-refractivity contribution in [1.82, 2.24) is 10.3 Å². The highest BCUT2D eigenvalue weighted by Crippen LogP contribution is 2.37. The number of carbonyl (C=O) groups is 2. The van der Waals surface area contributed by atoms with Gasteiger partial charge in [0.05, 0.1) is 19.2 Å². The number of benzene rings is 4. The largest absolute Gasteiger partial charge is 0.493 e. The number of pyridine rings is 1. The number of hydrogen-bond acceptors (Lipinski definition) is 7. The lowest BCUT2D eigenvalue weighted by Gasteiger charge is -2.16. The maximum absolute atomic E-state index is 12.4. The van der Waals surface area contributed by atoms with Gasteiger partial charge in [-0.25, -0.2) is 0 Å². The molecule has 0 aliphatic heterocycles. The standard InChI is InChI=1S/C34H31N3O6/c1-41-30-21-27-28(22-31(30)42-20-8-18-36-32(34(39)40)23-9-4-2-5-10-23)35-19-17-29(27)43-26-15-13-25(14-16-26)37-33(38)24-11-6-3-7-12-24/h2-7,9-17,19,21-22,32,36H,8,18,20H2,1H3,(H,37,38)(H,39,40). The van der Waals surface area contributed by atoms with E-state index >= 15 is 0 Å². The van der Waals surface area contributed by atoms with Gasteiger partial charge in [0.25, 0.3) is 5.91 Å². The van der Waals surface area contributed by atoms with Gasteiger partial charge in [0.2, 0.25) is 0 Å². The molecule has 0 radical (unpaired) electrons. The third-order valence-electron chi connectivity index (χ3n) is 6.67. The summed E-state index contributed by atoms with van der Waals surface area (Å²) in [4.78, 5) is 28.6. The van der Waals surface area contributed by atoms with Gasteiger partial charge >= 0.3 is 5.97 Å². The average Bonchev–Trinajstić information content (AvgIpc) is 3.04. The molecule has 1 atom stereocenters. The second-order valence-corrected chi connectivity index (χ2v) is 9.61. The number of rotatable bonds is 13. The van der Waals surface area contributed by atoms with Gasteiger partial charge in [0, 0.05) is 28.9 Å². The molecule has 5 rings (SSSR count). The molecule has 0 aliphatic rings. The fraction of sp³-hybridized carbons (Fsp3) is 0.147. The van der Waals surface area contributed by atoms with Crippen molar-refractivity contribution in [2.75, 3.05) is 25.6 Å². The van der Waals surface area contributed by atoms with Gasteiger partial charge in [0.15, 0.2) is 11.5 Å². The Kier molecular flexibility index (Phi) is 9.46. The van der Waals surface area contributed by atoms with Crippen LogP contribution in [0.25, 0.3) is 10.9 Å². The summed E-state index contributed by atoms with van der Waals surface area (Å²) in [6.45, 7) is 0.798. The molecule has 0 aliphatic carbocycles. The topological polar surface area (TPSA) is 119 Å². The Morgan fingerprint density at radius 2 is 1.58 bits per heavy atom. The molecular formula is C34H31N3O6. The molecule has 1 unspecified atom stereocenters. The maximum atomic E-state index is 12.4. The lowest BCUT2D eigenvalue weighted by Crippen LogP contribution is -2.29. The van der Waals surface area contributed by atoms with Gasteiger partial charge in [-0.05, 0) is 67.1 Å². The number of nitrogens with zero attached hydrogens (tertiary/aromatic N) is 1. The summed E-state index contributed by atoms with van der Waals surface area (Å²) in [5.41, 5.74) is 2.59. The summed E-state index contributed by atoms with van der Waals surface area (Å²) >= 11 is 0. The number of carbonyl (C=O) groups excluding carboxylic acids is 1. The van der Waals surface area contributed by atoms with E-state index in [1.807, 2.05) is 42.5 Å². The number of methoxy groups -OCH3 is 1. The van der Waals surface area contributed by atoms with Gasteiger partial charge in [-0.2, -0.15) is 0 Å². The Bertz CT molecular complexity index is 1680. The lowest BCUT2D eigenvalue weighted by atomic mass is 10.1. The van der Waals surface area contributed by atoms with Crippen molar-refractivity contribution in [1.29, 1.82) is 0 Å². The molecule has 218 valence electrons. The normalized spacial score (nSPS) is 11.5. The summed E-state index contributed by atoms with van der Waals surface area (Å²) in [5, 5.41) is 16.3. The molecule has 1 amide bonds. The lowest BCUT2D eigenvalue weighted by molar-refractivity contribution is -0.139. The van der Waals surface area contributed by atoms with Gasteiger partial charge in [-0.1, -0.05) is 48.5 Å². The molecule has 0 fully saturated rings. The number of carboxylic acid groups (broad SMARTS) is 1. The van der Waals surface area contributed by atoms with Crippen molar-refractivity contribution in [2.24, 2.45) is 0 Å². The molecule has 1 heterocycles. The fourth-order valence-electron chi connectivity index (χ4n) is 4.51. The van der Waals surface area contributed by atoms with Crippen LogP contribution in [-0.4, -0.2) is 42.2 Å². The van der Waals surface area contributed by atoms with Crippen molar-refractivity contribution in [3.63, 3.8) is 0 Å². The fourth-order valence-corrected chi connectivity index (χ4v) is 4.51. The molecule has 9 heteroatoms. The molecule has 0 saturated heterocycles. The van der Waals surface area contributed by atoms with E-state index in [0.29, 0.717) is 64.9 Å². The van der Waals surface area contributed by atoms with Crippen molar-refractivity contribution in [3.05, 3.63) is 120 Å². The summed E-state index contributed by atoms with van der Waals surface area (Å²) < 4.78 is 17.7. The molecule has 9 nitrogen and oxygen atoms in total. The van der Waals surface area contributed by atoms with E-state index in [4.69, 9.17) is 14.2 Å². The first-order valence-electron chi connectivity index (χ1n) is 13.8. The Labute approximate surface area is 249 Å². The van der Waals surface area contributed by atoms with E-state index in [-0.39, 0.29) is 5.91 Å². The van der Waals surface area contributed by atoms with E-state index < -0.39 is 12.0 Å². The van der Waals surface area contributed by atoms with Crippen LogP contribution >= 0.6 is 0 Å². The highest BCUT2D eigenvalue weighted by Gasteiger charge is 2.18. The predicted octanol–water partition coefficient (Wildman–Crippen LogP) is 6.47. The minimum atomic E-state index is -0.932. The molecule has 5 aromatic rings. The molecular weight excluding hydrogens is 546 g/mol. The minimum Gasteiger partial charge on any atom is -0.493 e. The third kappa shape index (κ3) is 7.46. The van der Waals surface area contributed by atoms with Crippen LogP contribution in [0, 0.1) is 0 Å². The number of amides is 1. The monoisotopic (exact) mass is 577 g/mol. The number of aliphatic carboxylic acids is 1. The minimum absolute atomic E-state index is 0.188. The SMILES string of the molecule is COc1cc2c(Oc3ccc(NC(=O)c4ccccc4)cc3)ccnc2cc1OCCCNC(C(=O)O)c1ccccc1. The van der Waals surface area contributed by atoms with Crippen LogP contribution in [-0.2, 0) is 4.79 Å². The number of hydrogen-bond donors (Lipinski definition) is 3. The zero-order valence-corrected chi connectivity index (χ0v) is 23.5. The molecule has 0 spiro atoms. The highest BCUT2D eigenvalue weighted by molar-refractivity contribution is 6.04. The zero-order chi connectivity index (χ0) is 30.0. The Morgan fingerprint density at radius 1 is 0.860 bits per heavy atom. The molecule has 3 N–H and O–H groups in total. The highest BCUT2D eigenvalue weighted by atomic mass is 16.5. The van der Waals surface area contributed by atoms with Crippen molar-refractivity contribution in [3.8, 4) is 23.0 Å². The van der Waals surface area contributed by atoms with Crippen LogP contribution in [0.2, 0.25) is 0 Å². The third-order valence-corrected chi connectivity index (χ3v) is 6.67. The van der Waals surface area contributed by atoms with Crippen molar-refractivity contribution in [2.45, 2.75) is 12.5 Å². The van der Waals surface area contributed by atoms with E-state index in [2.05, 4.69) is 15.6 Å². The summed E-state index contributed by atoms with van der Waals surface area (Å²) in [6, 6.07) is 29.8. The van der Waals surface area contributed by atoms with Crippen molar-refractivity contribution >= 4 is 28.5 Å². The number of ether oxygens (including phenoxy) is 3. The average molecular weight is 578 g/mol. The summed E-state index contributed by atoms with van der Waals surface area (Å²) in [5.74, 6) is 1.10. The summed E-state index contributed by atoms with van der Waals surface area (Å²) in [7, 11) is 1.56. The van der Waals surface area contributed by atoms with Crippen LogP contribution in [0.3, 0.4) is 0 Å². The maximum Gasteiger partial charge on any atom is 0.325 e. The molecule has 0 saturated carbocycles. The number of nitrogens with one attached hydrogen (secondary N) is 2. The van der Waals surface area contributed by atoms with Gasteiger partial charge in [0.1, 0.15) is 17.5 Å². The molecule has 0 bridgehead atoms.